The Morgan fingerprint density at radius 2 is 1.78 bits per heavy atom. The predicted octanol–water partition coefficient (Wildman–Crippen LogP) is 4.40. The van der Waals surface area contributed by atoms with E-state index < -0.39 is 0 Å². The first-order valence-corrected chi connectivity index (χ1v) is 7.32. The lowest BCUT2D eigenvalue weighted by Gasteiger charge is -2.21. The fraction of sp³-hybridized carbons (Fsp3) is 0.625. The summed E-state index contributed by atoms with van der Waals surface area (Å²) in [5.41, 5.74) is 1.34. The highest BCUT2D eigenvalue weighted by atomic mass is 35.5. The molecule has 1 aromatic rings. The third-order valence-electron chi connectivity index (χ3n) is 3.44. The van der Waals surface area contributed by atoms with Crippen molar-refractivity contribution in [3.63, 3.8) is 0 Å². The first-order valence-electron chi connectivity index (χ1n) is 6.94. The number of hydrogen-bond donors (Lipinski definition) is 1. The van der Waals surface area contributed by atoms with Gasteiger partial charge in [-0.2, -0.15) is 0 Å². The van der Waals surface area contributed by atoms with Crippen molar-refractivity contribution in [3.8, 4) is 0 Å². The molecule has 2 heteroatoms. The van der Waals surface area contributed by atoms with Crippen LogP contribution in [0.2, 0.25) is 5.02 Å². The Hall–Kier alpha value is -0.530. The Balaban J connectivity index is 2.37. The molecule has 0 saturated carbocycles. The van der Waals surface area contributed by atoms with E-state index in [0.29, 0.717) is 11.8 Å². The minimum atomic E-state index is 0.670. The van der Waals surface area contributed by atoms with E-state index in [-0.39, 0.29) is 0 Å². The first kappa shape index (κ1) is 15.5. The summed E-state index contributed by atoms with van der Waals surface area (Å²) in [7, 11) is 0. The minimum absolute atomic E-state index is 0.670. The lowest BCUT2D eigenvalue weighted by atomic mass is 9.89. The molecule has 0 aliphatic carbocycles. The quantitative estimate of drug-likeness (QED) is 0.772. The van der Waals surface area contributed by atoms with Crippen LogP contribution in [0.5, 0.6) is 0 Å². The Labute approximate surface area is 117 Å². The van der Waals surface area contributed by atoms with Crippen LogP contribution < -0.4 is 5.32 Å². The van der Waals surface area contributed by atoms with Gasteiger partial charge in [0.15, 0.2) is 0 Å². The van der Waals surface area contributed by atoms with Crippen LogP contribution in [0.4, 0.5) is 0 Å². The number of halogens is 1. The normalized spacial score (nSPS) is 14.8. The Kier molecular flexibility index (Phi) is 6.73. The lowest BCUT2D eigenvalue weighted by Crippen LogP contribution is -2.28. The van der Waals surface area contributed by atoms with Gasteiger partial charge in [0.25, 0.3) is 0 Å². The van der Waals surface area contributed by atoms with Crippen LogP contribution in [-0.2, 0) is 6.42 Å². The highest BCUT2D eigenvalue weighted by Gasteiger charge is 2.12. The fourth-order valence-electron chi connectivity index (χ4n) is 2.04. The molecule has 18 heavy (non-hydrogen) atoms. The molecule has 0 saturated heterocycles. The van der Waals surface area contributed by atoms with Crippen LogP contribution in [0.25, 0.3) is 0 Å². The summed E-state index contributed by atoms with van der Waals surface area (Å²) in [6.07, 6.45) is 1.10. The molecule has 0 spiro atoms. The zero-order valence-electron chi connectivity index (χ0n) is 12.0. The van der Waals surface area contributed by atoms with Gasteiger partial charge in [-0.1, -0.05) is 51.4 Å². The van der Waals surface area contributed by atoms with Gasteiger partial charge in [-0.05, 0) is 55.0 Å². The smallest absolute Gasteiger partial charge is 0.0408 e. The van der Waals surface area contributed by atoms with E-state index in [9.17, 15) is 0 Å². The van der Waals surface area contributed by atoms with E-state index in [4.69, 9.17) is 11.6 Å². The average Bonchev–Trinajstić information content (AvgIpc) is 2.28. The van der Waals surface area contributed by atoms with Crippen molar-refractivity contribution in [2.45, 2.75) is 34.1 Å². The van der Waals surface area contributed by atoms with E-state index in [1.54, 1.807) is 0 Å². The van der Waals surface area contributed by atoms with Crippen LogP contribution in [-0.4, -0.2) is 13.1 Å². The van der Waals surface area contributed by atoms with Crippen molar-refractivity contribution in [1.82, 2.24) is 5.32 Å². The van der Waals surface area contributed by atoms with Crippen LogP contribution >= 0.6 is 11.6 Å². The summed E-state index contributed by atoms with van der Waals surface area (Å²) >= 11 is 6.01. The molecule has 0 heterocycles. The maximum Gasteiger partial charge on any atom is 0.0408 e. The van der Waals surface area contributed by atoms with E-state index in [0.717, 1.165) is 30.5 Å². The molecule has 1 aromatic carbocycles. The summed E-state index contributed by atoms with van der Waals surface area (Å²) < 4.78 is 0. The van der Waals surface area contributed by atoms with Gasteiger partial charge >= 0.3 is 0 Å². The zero-order valence-corrected chi connectivity index (χ0v) is 12.8. The average molecular weight is 268 g/mol. The first-order chi connectivity index (χ1) is 8.49. The van der Waals surface area contributed by atoms with Crippen LogP contribution in [0.3, 0.4) is 0 Å². The fourth-order valence-corrected chi connectivity index (χ4v) is 2.25. The van der Waals surface area contributed by atoms with Gasteiger partial charge in [0.05, 0.1) is 0 Å². The molecule has 1 nitrogen and oxygen atoms in total. The second-order valence-corrected chi connectivity index (χ2v) is 6.28. The van der Waals surface area contributed by atoms with Crippen molar-refractivity contribution in [2.75, 3.05) is 13.1 Å². The summed E-state index contributed by atoms with van der Waals surface area (Å²) in [5, 5.41) is 4.37. The molecule has 0 amide bonds. The molecule has 0 fully saturated rings. The predicted molar refractivity (Wildman–Crippen MR) is 81.2 cm³/mol. The Morgan fingerprint density at radius 1 is 1.06 bits per heavy atom. The van der Waals surface area contributed by atoms with Gasteiger partial charge in [-0.25, -0.2) is 0 Å². The molecule has 1 rings (SSSR count). The van der Waals surface area contributed by atoms with Crippen molar-refractivity contribution < 1.29 is 0 Å². The van der Waals surface area contributed by atoms with E-state index in [2.05, 4.69) is 45.1 Å². The van der Waals surface area contributed by atoms with Gasteiger partial charge in [-0.3, -0.25) is 0 Å². The van der Waals surface area contributed by atoms with Crippen molar-refractivity contribution in [2.24, 2.45) is 17.8 Å². The largest absolute Gasteiger partial charge is 0.316 e. The van der Waals surface area contributed by atoms with E-state index in [1.807, 2.05) is 12.1 Å². The van der Waals surface area contributed by atoms with Crippen LogP contribution in [0, 0.1) is 17.8 Å². The number of benzene rings is 1. The standard InChI is InChI=1S/C16H26ClN/c1-12(2)10-18-11-14(4)13(3)8-15-6-5-7-16(17)9-15/h5-7,9,12-14,18H,8,10-11H2,1-4H3. The number of nitrogens with one attached hydrogen (secondary N) is 1. The van der Waals surface area contributed by atoms with Gasteiger partial charge in [-0.15, -0.1) is 0 Å². The molecule has 2 atom stereocenters. The third kappa shape index (κ3) is 5.88. The SMILES string of the molecule is CC(C)CNCC(C)C(C)Cc1cccc(Cl)c1. The molecular weight excluding hydrogens is 242 g/mol. The van der Waals surface area contributed by atoms with Crippen LogP contribution in [0.15, 0.2) is 24.3 Å². The molecule has 1 N–H and O–H groups in total. The second kappa shape index (κ2) is 7.81. The highest BCUT2D eigenvalue weighted by molar-refractivity contribution is 6.30. The summed E-state index contributed by atoms with van der Waals surface area (Å²) in [6, 6.07) is 8.21. The number of rotatable bonds is 7. The second-order valence-electron chi connectivity index (χ2n) is 5.84. The van der Waals surface area contributed by atoms with Crippen molar-refractivity contribution >= 4 is 11.6 Å². The van der Waals surface area contributed by atoms with Gasteiger partial charge in [0.2, 0.25) is 0 Å². The monoisotopic (exact) mass is 267 g/mol. The molecule has 102 valence electrons. The van der Waals surface area contributed by atoms with E-state index in [1.165, 1.54) is 5.56 Å². The highest BCUT2D eigenvalue weighted by Crippen LogP contribution is 2.19. The number of hydrogen-bond acceptors (Lipinski definition) is 1. The molecule has 0 bridgehead atoms. The van der Waals surface area contributed by atoms with Gasteiger partial charge < -0.3 is 5.32 Å². The molecule has 2 unspecified atom stereocenters. The van der Waals surface area contributed by atoms with Crippen molar-refractivity contribution in [1.29, 1.82) is 0 Å². The zero-order chi connectivity index (χ0) is 13.5. The van der Waals surface area contributed by atoms with Gasteiger partial charge in [0, 0.05) is 5.02 Å². The van der Waals surface area contributed by atoms with E-state index >= 15 is 0 Å². The third-order valence-corrected chi connectivity index (χ3v) is 3.67. The van der Waals surface area contributed by atoms with Crippen molar-refractivity contribution in [3.05, 3.63) is 34.9 Å². The molecule has 0 aliphatic rings. The topological polar surface area (TPSA) is 12.0 Å². The maximum atomic E-state index is 6.01. The van der Waals surface area contributed by atoms with Crippen LogP contribution in [0.1, 0.15) is 33.3 Å². The summed E-state index contributed by atoms with van der Waals surface area (Å²) in [6.45, 7) is 11.3. The molecule has 0 radical (unpaired) electrons. The molecule has 0 aromatic heterocycles. The summed E-state index contributed by atoms with van der Waals surface area (Å²) in [5.74, 6) is 2.08. The minimum Gasteiger partial charge on any atom is -0.316 e. The maximum absolute atomic E-state index is 6.01. The Morgan fingerprint density at radius 3 is 2.39 bits per heavy atom. The Bertz CT molecular complexity index is 349. The molecular formula is C16H26ClN. The summed E-state index contributed by atoms with van der Waals surface area (Å²) in [4.78, 5) is 0. The molecule has 0 aliphatic heterocycles. The van der Waals surface area contributed by atoms with Gasteiger partial charge in [0.1, 0.15) is 0 Å². The lowest BCUT2D eigenvalue weighted by molar-refractivity contribution is 0.357.